The molecule has 4 saturated carbocycles. The maximum Gasteiger partial charge on any atom is 0.0839 e. The van der Waals surface area contributed by atoms with Crippen molar-refractivity contribution in [1.29, 1.82) is 5.26 Å². The van der Waals surface area contributed by atoms with E-state index >= 15 is 0 Å². The van der Waals surface area contributed by atoms with E-state index in [-0.39, 0.29) is 23.5 Å². The van der Waals surface area contributed by atoms with Gasteiger partial charge < -0.3 is 9.84 Å². The monoisotopic (exact) mass is 359 g/mol. The molecule has 0 bridgehead atoms. The van der Waals surface area contributed by atoms with Crippen molar-refractivity contribution in [2.75, 3.05) is 6.61 Å². The number of ether oxygens (including phenoxy) is 1. The van der Waals surface area contributed by atoms with E-state index in [1.54, 1.807) is 0 Å². The first kappa shape index (κ1) is 18.8. The molecule has 3 heteroatoms. The van der Waals surface area contributed by atoms with E-state index in [0.29, 0.717) is 11.3 Å². The molecule has 4 fully saturated rings. The molecule has 9 atom stereocenters. The first-order valence-electron chi connectivity index (χ1n) is 11.1. The molecule has 0 aromatic rings. The summed E-state index contributed by atoms with van der Waals surface area (Å²) in [6.45, 7) is 7.84. The van der Waals surface area contributed by atoms with Crippen molar-refractivity contribution in [3.8, 4) is 6.07 Å². The lowest BCUT2D eigenvalue weighted by atomic mass is 9.44. The Morgan fingerprint density at radius 3 is 2.58 bits per heavy atom. The van der Waals surface area contributed by atoms with Gasteiger partial charge in [0.1, 0.15) is 0 Å². The second-order valence-electron chi connectivity index (χ2n) is 10.4. The minimum absolute atomic E-state index is 0.0266. The highest BCUT2D eigenvalue weighted by Gasteiger charge is 2.61. The van der Waals surface area contributed by atoms with Crippen molar-refractivity contribution in [1.82, 2.24) is 0 Å². The maximum atomic E-state index is 10.6. The summed E-state index contributed by atoms with van der Waals surface area (Å²) >= 11 is 0. The highest BCUT2D eigenvalue weighted by Crippen LogP contribution is 2.67. The van der Waals surface area contributed by atoms with Crippen LogP contribution >= 0.6 is 0 Å². The zero-order chi connectivity index (χ0) is 18.5. The summed E-state index contributed by atoms with van der Waals surface area (Å²) in [6, 6.07) is 2.65. The molecular formula is C23H37NO2. The molecule has 4 rings (SSSR count). The third kappa shape index (κ3) is 2.67. The van der Waals surface area contributed by atoms with E-state index in [4.69, 9.17) is 4.74 Å². The van der Waals surface area contributed by atoms with Gasteiger partial charge in [0.25, 0.3) is 0 Å². The van der Waals surface area contributed by atoms with Gasteiger partial charge in [0.05, 0.1) is 24.2 Å². The Kier molecular flexibility index (Phi) is 4.89. The van der Waals surface area contributed by atoms with Crippen molar-refractivity contribution in [2.24, 2.45) is 40.4 Å². The average Bonchev–Trinajstić information content (AvgIpc) is 2.97. The lowest BCUT2D eigenvalue weighted by molar-refractivity contribution is -0.171. The van der Waals surface area contributed by atoms with Crippen LogP contribution in [0.15, 0.2) is 0 Å². The molecule has 1 unspecified atom stereocenters. The van der Waals surface area contributed by atoms with E-state index in [2.05, 4.69) is 26.8 Å². The maximum absolute atomic E-state index is 10.6. The van der Waals surface area contributed by atoms with Crippen LogP contribution in [0.1, 0.15) is 78.6 Å². The lowest BCUT2D eigenvalue weighted by Crippen LogP contribution is -2.57. The molecule has 0 aliphatic heterocycles. The summed E-state index contributed by atoms with van der Waals surface area (Å²) in [6.07, 6.45) is 10.2. The summed E-state index contributed by atoms with van der Waals surface area (Å²) in [5.41, 5.74) is 0.567. The van der Waals surface area contributed by atoms with Gasteiger partial charge in [0.15, 0.2) is 0 Å². The van der Waals surface area contributed by atoms with Gasteiger partial charge in [-0.05, 0) is 92.3 Å². The second kappa shape index (κ2) is 6.78. The predicted molar refractivity (Wildman–Crippen MR) is 102 cm³/mol. The van der Waals surface area contributed by atoms with E-state index in [9.17, 15) is 10.4 Å². The fraction of sp³-hybridized carbons (Fsp3) is 0.957. The van der Waals surface area contributed by atoms with Gasteiger partial charge in [-0.1, -0.05) is 20.8 Å². The van der Waals surface area contributed by atoms with Crippen LogP contribution in [-0.4, -0.2) is 23.9 Å². The third-order valence-corrected chi connectivity index (χ3v) is 9.35. The fourth-order valence-corrected chi connectivity index (χ4v) is 7.90. The number of nitriles is 1. The van der Waals surface area contributed by atoms with E-state index in [1.807, 2.05) is 0 Å². The van der Waals surface area contributed by atoms with Gasteiger partial charge in [-0.3, -0.25) is 0 Å². The molecule has 26 heavy (non-hydrogen) atoms. The summed E-state index contributed by atoms with van der Waals surface area (Å²) in [7, 11) is 0. The number of rotatable bonds is 3. The molecule has 4 aliphatic carbocycles. The van der Waals surface area contributed by atoms with Crippen molar-refractivity contribution >= 4 is 0 Å². The van der Waals surface area contributed by atoms with Crippen LogP contribution in [0.25, 0.3) is 0 Å². The molecule has 4 aliphatic rings. The SMILES string of the molecule is CCCO[C@H]1C[C@@]2(C)[C@@H](CCC3[C@@H]2CC[C@]2(C)[C@H](C#N)CC[C@@H]32)C[C@@H]1O. The lowest BCUT2D eigenvalue weighted by Gasteiger charge is -2.61. The molecule has 1 N–H and O–H groups in total. The quantitative estimate of drug-likeness (QED) is 0.777. The van der Waals surface area contributed by atoms with Crippen LogP contribution in [0.5, 0.6) is 0 Å². The summed E-state index contributed by atoms with van der Waals surface area (Å²) in [5, 5.41) is 20.3. The van der Waals surface area contributed by atoms with Gasteiger partial charge in [-0.25, -0.2) is 0 Å². The van der Waals surface area contributed by atoms with Crippen LogP contribution in [0.2, 0.25) is 0 Å². The highest BCUT2D eigenvalue weighted by molar-refractivity contribution is 5.13. The first-order valence-corrected chi connectivity index (χ1v) is 11.1. The number of aliphatic hydroxyl groups excluding tert-OH is 1. The molecule has 0 amide bonds. The van der Waals surface area contributed by atoms with Gasteiger partial charge in [-0.15, -0.1) is 0 Å². The highest BCUT2D eigenvalue weighted by atomic mass is 16.5. The smallest absolute Gasteiger partial charge is 0.0839 e. The topological polar surface area (TPSA) is 53.2 Å². The first-order chi connectivity index (χ1) is 12.4. The van der Waals surface area contributed by atoms with Gasteiger partial charge >= 0.3 is 0 Å². The molecule has 146 valence electrons. The number of fused-ring (bicyclic) bond motifs is 5. The summed E-state index contributed by atoms with van der Waals surface area (Å²) < 4.78 is 6.09. The average molecular weight is 360 g/mol. The fourth-order valence-electron chi connectivity index (χ4n) is 7.90. The molecule has 0 aromatic carbocycles. The number of hydrogen-bond acceptors (Lipinski definition) is 3. The Morgan fingerprint density at radius 2 is 1.85 bits per heavy atom. The van der Waals surface area contributed by atoms with Crippen LogP contribution in [0.4, 0.5) is 0 Å². The minimum atomic E-state index is -0.278. The Balaban J connectivity index is 1.57. The molecule has 0 aromatic heterocycles. The predicted octanol–water partition coefficient (Wildman–Crippen LogP) is 4.93. The number of aliphatic hydroxyl groups is 1. The Hall–Kier alpha value is -0.590. The number of nitrogens with zero attached hydrogens (tertiary/aromatic N) is 1. The van der Waals surface area contributed by atoms with Crippen molar-refractivity contribution < 1.29 is 9.84 Å². The van der Waals surface area contributed by atoms with E-state index < -0.39 is 0 Å². The van der Waals surface area contributed by atoms with Crippen LogP contribution < -0.4 is 0 Å². The zero-order valence-corrected chi connectivity index (χ0v) is 16.9. The van der Waals surface area contributed by atoms with Crippen LogP contribution in [0, 0.1) is 51.8 Å². The molecule has 0 radical (unpaired) electrons. The van der Waals surface area contributed by atoms with Gasteiger partial charge in [0, 0.05) is 6.61 Å². The normalized spacial score (nSPS) is 53.3. The zero-order valence-electron chi connectivity index (χ0n) is 16.9. The second-order valence-corrected chi connectivity index (χ2v) is 10.4. The molecule has 0 spiro atoms. The van der Waals surface area contributed by atoms with Crippen LogP contribution in [-0.2, 0) is 4.74 Å². The van der Waals surface area contributed by atoms with Gasteiger partial charge in [-0.2, -0.15) is 5.26 Å². The molecule has 0 saturated heterocycles. The summed E-state index contributed by atoms with van der Waals surface area (Å²) in [5.74, 6) is 3.21. The summed E-state index contributed by atoms with van der Waals surface area (Å²) in [4.78, 5) is 0. The van der Waals surface area contributed by atoms with Crippen LogP contribution in [0.3, 0.4) is 0 Å². The van der Waals surface area contributed by atoms with Crippen molar-refractivity contribution in [3.05, 3.63) is 0 Å². The largest absolute Gasteiger partial charge is 0.390 e. The van der Waals surface area contributed by atoms with E-state index in [1.165, 1.54) is 32.1 Å². The minimum Gasteiger partial charge on any atom is -0.390 e. The molecule has 3 nitrogen and oxygen atoms in total. The Morgan fingerprint density at radius 1 is 1.08 bits per heavy atom. The van der Waals surface area contributed by atoms with Crippen molar-refractivity contribution in [2.45, 2.75) is 90.8 Å². The standard InChI is InChI=1S/C23H37NO2/c1-4-11-26-21-13-23(3)15(12-20(21)25)5-7-17-18-8-6-16(14-24)22(18,2)10-9-19(17)23/h15-21,25H,4-13H2,1-3H3/t15-,16-,17?,18-,19-,20-,21-,22+,23-/m0/s1. The Bertz CT molecular complexity index is 571. The van der Waals surface area contributed by atoms with Crippen molar-refractivity contribution in [3.63, 3.8) is 0 Å². The third-order valence-electron chi connectivity index (χ3n) is 9.35. The molecule has 0 heterocycles. The van der Waals surface area contributed by atoms with E-state index in [0.717, 1.165) is 50.0 Å². The Labute approximate surface area is 159 Å². The molecular weight excluding hydrogens is 322 g/mol. The number of hydrogen-bond donors (Lipinski definition) is 1. The van der Waals surface area contributed by atoms with Gasteiger partial charge in [0.2, 0.25) is 0 Å².